The van der Waals surface area contributed by atoms with Crippen LogP contribution in [0, 0.1) is 0 Å². The number of para-hydroxylation sites is 1. The van der Waals surface area contributed by atoms with Crippen molar-refractivity contribution in [2.75, 3.05) is 6.54 Å². The summed E-state index contributed by atoms with van der Waals surface area (Å²) < 4.78 is 11.7. The number of fused-ring (bicyclic) bond motifs is 2. The average Bonchev–Trinajstić information content (AvgIpc) is 2.72. The topological polar surface area (TPSA) is 55.8 Å². The summed E-state index contributed by atoms with van der Waals surface area (Å²) in [6.07, 6.45) is -0.619. The van der Waals surface area contributed by atoms with Crippen molar-refractivity contribution in [3.63, 3.8) is 0 Å². The van der Waals surface area contributed by atoms with Crippen LogP contribution in [0.25, 0.3) is 10.8 Å². The number of hydrogen-bond acceptors (Lipinski definition) is 4. The van der Waals surface area contributed by atoms with Gasteiger partial charge in [-0.2, -0.15) is 0 Å². The Bertz CT molecular complexity index is 1110. The van der Waals surface area contributed by atoms with Crippen LogP contribution in [0.1, 0.15) is 43.1 Å². The monoisotopic (exact) mass is 417 g/mol. The maximum absolute atomic E-state index is 13.1. The second-order valence-corrected chi connectivity index (χ2v) is 8.86. The smallest absolute Gasteiger partial charge is 0.410 e. The normalized spacial score (nSPS) is 15.8. The molecule has 1 atom stereocenters. The van der Waals surface area contributed by atoms with E-state index in [9.17, 15) is 9.59 Å². The van der Waals surface area contributed by atoms with E-state index in [0.29, 0.717) is 17.9 Å². The van der Waals surface area contributed by atoms with E-state index in [-0.39, 0.29) is 18.7 Å². The van der Waals surface area contributed by atoms with Gasteiger partial charge in [0.2, 0.25) is 0 Å². The lowest BCUT2D eigenvalue weighted by molar-refractivity contribution is 0.0134. The fraction of sp³-hybridized carbons (Fsp3) is 0.308. The van der Waals surface area contributed by atoms with Gasteiger partial charge in [-0.1, -0.05) is 54.6 Å². The zero-order chi connectivity index (χ0) is 22.0. The molecule has 1 aliphatic heterocycles. The summed E-state index contributed by atoms with van der Waals surface area (Å²) >= 11 is 0. The van der Waals surface area contributed by atoms with Gasteiger partial charge >= 0.3 is 6.09 Å². The zero-order valence-electron chi connectivity index (χ0n) is 18.1. The molecule has 1 heterocycles. The minimum Gasteiger partial charge on any atom is -0.487 e. The number of benzene rings is 3. The van der Waals surface area contributed by atoms with Crippen molar-refractivity contribution in [3.8, 4) is 5.75 Å². The van der Waals surface area contributed by atoms with E-state index in [1.807, 2.05) is 57.2 Å². The summed E-state index contributed by atoms with van der Waals surface area (Å²) in [7, 11) is 0. The summed E-state index contributed by atoms with van der Waals surface area (Å²) in [5.41, 5.74) is 0.993. The fourth-order valence-electron chi connectivity index (χ4n) is 3.85. The predicted molar refractivity (Wildman–Crippen MR) is 120 cm³/mol. The van der Waals surface area contributed by atoms with Crippen LogP contribution in [0.4, 0.5) is 4.79 Å². The van der Waals surface area contributed by atoms with Crippen LogP contribution >= 0.6 is 0 Å². The Morgan fingerprint density at radius 2 is 1.74 bits per heavy atom. The Kier molecular flexibility index (Phi) is 5.68. The second kappa shape index (κ2) is 8.42. The van der Waals surface area contributed by atoms with Gasteiger partial charge < -0.3 is 14.4 Å². The third-order valence-corrected chi connectivity index (χ3v) is 5.21. The van der Waals surface area contributed by atoms with Crippen molar-refractivity contribution in [2.24, 2.45) is 0 Å². The minimum absolute atomic E-state index is 0.0288. The maximum Gasteiger partial charge on any atom is 0.410 e. The highest BCUT2D eigenvalue weighted by Gasteiger charge is 2.31. The van der Waals surface area contributed by atoms with Gasteiger partial charge in [0.25, 0.3) is 0 Å². The van der Waals surface area contributed by atoms with Gasteiger partial charge in [-0.3, -0.25) is 4.79 Å². The molecule has 0 N–H and O–H groups in total. The van der Waals surface area contributed by atoms with E-state index in [0.717, 1.165) is 16.3 Å². The summed E-state index contributed by atoms with van der Waals surface area (Å²) in [5, 5.41) is 2.20. The highest BCUT2D eigenvalue weighted by Crippen LogP contribution is 2.28. The lowest BCUT2D eigenvalue weighted by Gasteiger charge is -2.32. The highest BCUT2D eigenvalue weighted by molar-refractivity contribution is 5.99. The lowest BCUT2D eigenvalue weighted by Crippen LogP contribution is -2.44. The van der Waals surface area contributed by atoms with Gasteiger partial charge in [0.15, 0.2) is 5.78 Å². The zero-order valence-corrected chi connectivity index (χ0v) is 18.1. The molecule has 5 nitrogen and oxygen atoms in total. The van der Waals surface area contributed by atoms with E-state index >= 15 is 0 Å². The Morgan fingerprint density at radius 3 is 2.55 bits per heavy atom. The first-order valence-electron chi connectivity index (χ1n) is 10.5. The van der Waals surface area contributed by atoms with Gasteiger partial charge in [0, 0.05) is 13.0 Å². The van der Waals surface area contributed by atoms with Gasteiger partial charge in [0.05, 0.1) is 12.1 Å². The summed E-state index contributed by atoms with van der Waals surface area (Å²) in [6, 6.07) is 21.4. The number of rotatable bonds is 4. The molecule has 4 rings (SSSR count). The third-order valence-electron chi connectivity index (χ3n) is 5.21. The SMILES string of the molecule is CC(C)(C)OC(=O)N(Cc1cccc2ccccc12)CC1CC(=O)c2ccccc2O1. The van der Waals surface area contributed by atoms with Crippen molar-refractivity contribution in [3.05, 3.63) is 77.9 Å². The number of nitrogens with zero attached hydrogens (tertiary/aromatic N) is 1. The maximum atomic E-state index is 13.1. The van der Waals surface area contributed by atoms with Gasteiger partial charge in [0.1, 0.15) is 17.5 Å². The molecule has 1 aliphatic rings. The molecule has 1 amide bonds. The van der Waals surface area contributed by atoms with Crippen LogP contribution in [0.5, 0.6) is 5.75 Å². The first kappa shape index (κ1) is 20.9. The highest BCUT2D eigenvalue weighted by atomic mass is 16.6. The number of ether oxygens (including phenoxy) is 2. The molecule has 0 aromatic heterocycles. The van der Waals surface area contributed by atoms with Crippen LogP contribution in [-0.2, 0) is 11.3 Å². The summed E-state index contributed by atoms with van der Waals surface area (Å²) in [4.78, 5) is 27.3. The minimum atomic E-state index is -0.621. The molecular formula is C26H27NO4. The summed E-state index contributed by atoms with van der Waals surface area (Å²) in [6.45, 7) is 6.16. The molecule has 3 aromatic carbocycles. The predicted octanol–water partition coefficient (Wildman–Crippen LogP) is 5.61. The molecule has 0 fully saturated rings. The number of carbonyl (C=O) groups is 2. The van der Waals surface area contributed by atoms with Gasteiger partial charge in [-0.25, -0.2) is 4.79 Å². The quantitative estimate of drug-likeness (QED) is 0.554. The van der Waals surface area contributed by atoms with E-state index in [2.05, 4.69) is 18.2 Å². The molecule has 0 saturated carbocycles. The van der Waals surface area contributed by atoms with E-state index in [1.165, 1.54) is 0 Å². The first-order valence-corrected chi connectivity index (χ1v) is 10.5. The van der Waals surface area contributed by atoms with E-state index in [1.54, 1.807) is 17.0 Å². The molecule has 160 valence electrons. The third kappa shape index (κ3) is 4.88. The largest absolute Gasteiger partial charge is 0.487 e. The Morgan fingerprint density at radius 1 is 1.03 bits per heavy atom. The van der Waals surface area contributed by atoms with Crippen molar-refractivity contribution >= 4 is 22.6 Å². The van der Waals surface area contributed by atoms with Crippen LogP contribution in [0.3, 0.4) is 0 Å². The molecule has 5 heteroatoms. The molecule has 0 radical (unpaired) electrons. The Hall–Kier alpha value is -3.34. The lowest BCUT2D eigenvalue weighted by atomic mass is 10.00. The van der Waals surface area contributed by atoms with Crippen LogP contribution in [0.2, 0.25) is 0 Å². The molecule has 3 aromatic rings. The van der Waals surface area contributed by atoms with E-state index < -0.39 is 17.8 Å². The molecule has 1 unspecified atom stereocenters. The molecular weight excluding hydrogens is 390 g/mol. The van der Waals surface area contributed by atoms with Crippen molar-refractivity contribution in [1.29, 1.82) is 0 Å². The van der Waals surface area contributed by atoms with Crippen LogP contribution in [0.15, 0.2) is 66.7 Å². The second-order valence-electron chi connectivity index (χ2n) is 8.86. The number of amides is 1. The number of ketones is 1. The van der Waals surface area contributed by atoms with Crippen LogP contribution in [-0.4, -0.2) is 35.0 Å². The Labute approximate surface area is 182 Å². The van der Waals surface area contributed by atoms with Crippen molar-refractivity contribution in [2.45, 2.75) is 45.4 Å². The van der Waals surface area contributed by atoms with Crippen molar-refractivity contribution in [1.82, 2.24) is 4.90 Å². The first-order chi connectivity index (χ1) is 14.8. The van der Waals surface area contributed by atoms with E-state index in [4.69, 9.17) is 9.47 Å². The molecule has 0 aliphatic carbocycles. The van der Waals surface area contributed by atoms with Gasteiger partial charge in [-0.15, -0.1) is 0 Å². The summed E-state index contributed by atoms with van der Waals surface area (Å²) in [5.74, 6) is 0.596. The molecule has 0 saturated heterocycles. The van der Waals surface area contributed by atoms with Gasteiger partial charge in [-0.05, 0) is 49.2 Å². The number of carbonyl (C=O) groups excluding carboxylic acids is 2. The standard InChI is InChI=1S/C26H27NO4/c1-26(2,3)31-25(29)27(16-19-11-8-10-18-9-4-5-12-21(18)19)17-20-15-23(28)22-13-6-7-14-24(22)30-20/h4-14,20H,15-17H2,1-3H3. The Balaban J connectivity index is 1.60. The molecule has 0 spiro atoms. The molecule has 0 bridgehead atoms. The number of Topliss-reactive ketones (excluding diaryl/α,β-unsaturated/α-hetero) is 1. The number of hydrogen-bond donors (Lipinski definition) is 0. The average molecular weight is 418 g/mol. The fourth-order valence-corrected chi connectivity index (χ4v) is 3.85. The van der Waals surface area contributed by atoms with Crippen molar-refractivity contribution < 1.29 is 19.1 Å². The molecule has 31 heavy (non-hydrogen) atoms. The van der Waals surface area contributed by atoms with Crippen LogP contribution < -0.4 is 4.74 Å².